The fourth-order valence-electron chi connectivity index (χ4n) is 2.98. The molecule has 1 fully saturated rings. The molecule has 1 aliphatic heterocycles. The molecule has 4 rings (SSSR count). The molecule has 0 bridgehead atoms. The van der Waals surface area contributed by atoms with Crippen molar-refractivity contribution < 1.29 is 4.79 Å². The number of carbonyl (C=O) groups excluding carboxylic acids is 1. The van der Waals surface area contributed by atoms with Crippen molar-refractivity contribution >= 4 is 34.5 Å². The number of hydrogen-bond acceptors (Lipinski definition) is 6. The second-order valence-corrected chi connectivity index (χ2v) is 7.37. The zero-order valence-corrected chi connectivity index (χ0v) is 15.4. The summed E-state index contributed by atoms with van der Waals surface area (Å²) in [7, 11) is 1.83. The summed E-state index contributed by atoms with van der Waals surface area (Å²) < 4.78 is 1.69. The van der Waals surface area contributed by atoms with E-state index in [4.69, 9.17) is 0 Å². The van der Waals surface area contributed by atoms with Gasteiger partial charge in [-0.3, -0.25) is 9.48 Å². The zero-order chi connectivity index (χ0) is 17.9. The van der Waals surface area contributed by atoms with Crippen LogP contribution in [-0.4, -0.2) is 50.3 Å². The molecule has 1 N–H and O–H groups in total. The lowest BCUT2D eigenvalue weighted by atomic mass is 10.2. The van der Waals surface area contributed by atoms with Crippen molar-refractivity contribution in [1.29, 1.82) is 0 Å². The Hall–Kier alpha value is -2.61. The molecule has 0 radical (unpaired) electrons. The predicted molar refractivity (Wildman–Crippen MR) is 103 cm³/mol. The molecule has 0 spiro atoms. The molecule has 1 aromatic carbocycles. The fourth-order valence-corrected chi connectivity index (χ4v) is 3.89. The molecule has 26 heavy (non-hydrogen) atoms. The van der Waals surface area contributed by atoms with Gasteiger partial charge >= 0.3 is 0 Å². The van der Waals surface area contributed by atoms with Crippen LogP contribution in [0.4, 0.5) is 5.82 Å². The Bertz CT molecular complexity index is 920. The number of anilines is 1. The van der Waals surface area contributed by atoms with Crippen LogP contribution < -0.4 is 10.2 Å². The maximum absolute atomic E-state index is 12.6. The van der Waals surface area contributed by atoms with Crippen molar-refractivity contribution in [3.63, 3.8) is 0 Å². The van der Waals surface area contributed by atoms with Gasteiger partial charge in [-0.15, -0.1) is 0 Å². The second kappa shape index (κ2) is 7.33. The van der Waals surface area contributed by atoms with Gasteiger partial charge < -0.3 is 10.2 Å². The van der Waals surface area contributed by atoms with Crippen molar-refractivity contribution in [2.45, 2.75) is 6.54 Å². The third-order valence-electron chi connectivity index (χ3n) is 4.38. The Labute approximate surface area is 155 Å². The summed E-state index contributed by atoms with van der Waals surface area (Å²) in [6.45, 7) is 2.27. The second-order valence-electron chi connectivity index (χ2n) is 6.14. The van der Waals surface area contributed by atoms with Gasteiger partial charge in [-0.2, -0.15) is 16.9 Å². The number of rotatable bonds is 4. The van der Waals surface area contributed by atoms with Crippen molar-refractivity contribution in [3.05, 3.63) is 47.9 Å². The molecule has 1 aliphatic rings. The topological polar surface area (TPSA) is 75.9 Å². The molecule has 1 amide bonds. The molecule has 134 valence electrons. The lowest BCUT2D eigenvalue weighted by Gasteiger charge is -2.27. The van der Waals surface area contributed by atoms with E-state index in [0.29, 0.717) is 12.2 Å². The van der Waals surface area contributed by atoms with E-state index in [2.05, 4.69) is 25.3 Å². The lowest BCUT2D eigenvalue weighted by molar-refractivity contribution is 0.0941. The average molecular weight is 368 g/mol. The molecular weight excluding hydrogens is 348 g/mol. The van der Waals surface area contributed by atoms with Crippen LogP contribution >= 0.6 is 11.8 Å². The predicted octanol–water partition coefficient (Wildman–Crippen LogP) is 1.85. The van der Waals surface area contributed by atoms with Crippen LogP contribution in [0.5, 0.6) is 0 Å². The number of nitrogens with zero attached hydrogens (tertiary/aromatic N) is 5. The van der Waals surface area contributed by atoms with Gasteiger partial charge in [0.05, 0.1) is 11.6 Å². The summed E-state index contributed by atoms with van der Waals surface area (Å²) in [5.41, 5.74) is 1.72. The van der Waals surface area contributed by atoms with E-state index in [1.54, 1.807) is 10.9 Å². The molecule has 0 saturated carbocycles. The number of thioether (sulfide) groups is 1. The Morgan fingerprint density at radius 3 is 2.73 bits per heavy atom. The number of benzene rings is 1. The molecule has 1 saturated heterocycles. The minimum absolute atomic E-state index is 0.185. The van der Waals surface area contributed by atoms with Crippen molar-refractivity contribution in [2.75, 3.05) is 29.5 Å². The Morgan fingerprint density at radius 2 is 1.96 bits per heavy atom. The maximum atomic E-state index is 12.6. The molecule has 8 heteroatoms. The molecule has 3 heterocycles. The zero-order valence-electron chi connectivity index (χ0n) is 14.6. The number of aryl methyl sites for hydroxylation is 1. The van der Waals surface area contributed by atoms with E-state index < -0.39 is 0 Å². The summed E-state index contributed by atoms with van der Waals surface area (Å²) in [6.07, 6.45) is 1.78. The summed E-state index contributed by atoms with van der Waals surface area (Å²) in [4.78, 5) is 23.9. The number of carbonyl (C=O) groups is 1. The third-order valence-corrected chi connectivity index (χ3v) is 5.32. The first-order chi connectivity index (χ1) is 12.7. The minimum atomic E-state index is -0.274. The number of amides is 1. The quantitative estimate of drug-likeness (QED) is 0.757. The standard InChI is InChI=1S/C18H20N6OS/c1-23-16-14(12-20-23)17(24-7-9-26-10-8-24)22-15(21-16)18(25)19-11-13-5-3-2-4-6-13/h2-6,12H,7-11H2,1H3,(H,19,25). The first-order valence-electron chi connectivity index (χ1n) is 8.57. The number of fused-ring (bicyclic) bond motifs is 1. The van der Waals surface area contributed by atoms with Crippen LogP contribution in [-0.2, 0) is 13.6 Å². The van der Waals surface area contributed by atoms with E-state index in [1.165, 1.54) is 0 Å². The van der Waals surface area contributed by atoms with Crippen molar-refractivity contribution in [3.8, 4) is 0 Å². The molecule has 2 aromatic heterocycles. The Morgan fingerprint density at radius 1 is 1.19 bits per heavy atom. The highest BCUT2D eigenvalue weighted by atomic mass is 32.2. The average Bonchev–Trinajstić information content (AvgIpc) is 3.08. The SMILES string of the molecule is Cn1ncc2c(N3CCSCC3)nc(C(=O)NCc3ccccc3)nc21. The minimum Gasteiger partial charge on any atom is -0.354 e. The molecule has 0 atom stereocenters. The molecule has 3 aromatic rings. The van der Waals surface area contributed by atoms with Gasteiger partial charge in [0.25, 0.3) is 5.91 Å². The van der Waals surface area contributed by atoms with Crippen LogP contribution in [0.1, 0.15) is 16.2 Å². The molecule has 0 aliphatic carbocycles. The van der Waals surface area contributed by atoms with Gasteiger partial charge in [0.1, 0.15) is 5.82 Å². The van der Waals surface area contributed by atoms with Crippen LogP contribution in [0.3, 0.4) is 0 Å². The smallest absolute Gasteiger partial charge is 0.289 e. The van der Waals surface area contributed by atoms with Gasteiger partial charge in [0.2, 0.25) is 5.82 Å². The van der Waals surface area contributed by atoms with Crippen molar-refractivity contribution in [2.24, 2.45) is 7.05 Å². The highest BCUT2D eigenvalue weighted by Gasteiger charge is 2.21. The van der Waals surface area contributed by atoms with Crippen LogP contribution in [0.2, 0.25) is 0 Å². The number of hydrogen-bond donors (Lipinski definition) is 1. The first kappa shape index (κ1) is 16.8. The van der Waals surface area contributed by atoms with E-state index in [0.717, 1.165) is 41.4 Å². The first-order valence-corrected chi connectivity index (χ1v) is 9.72. The Balaban J connectivity index is 1.63. The largest absolute Gasteiger partial charge is 0.354 e. The lowest BCUT2D eigenvalue weighted by Crippen LogP contribution is -2.34. The van der Waals surface area contributed by atoms with Gasteiger partial charge in [0.15, 0.2) is 5.65 Å². The van der Waals surface area contributed by atoms with Gasteiger partial charge in [-0.05, 0) is 5.56 Å². The summed E-state index contributed by atoms with van der Waals surface area (Å²) >= 11 is 1.93. The van der Waals surface area contributed by atoms with E-state index in [-0.39, 0.29) is 11.7 Å². The number of nitrogens with one attached hydrogen (secondary N) is 1. The van der Waals surface area contributed by atoms with E-state index in [9.17, 15) is 4.79 Å². The highest BCUT2D eigenvalue weighted by molar-refractivity contribution is 7.99. The number of aromatic nitrogens is 4. The van der Waals surface area contributed by atoms with Crippen LogP contribution in [0.25, 0.3) is 11.0 Å². The van der Waals surface area contributed by atoms with E-state index >= 15 is 0 Å². The third kappa shape index (κ3) is 3.37. The normalized spacial score (nSPS) is 14.6. The van der Waals surface area contributed by atoms with Gasteiger partial charge in [0, 0.05) is 38.2 Å². The molecule has 7 nitrogen and oxygen atoms in total. The monoisotopic (exact) mass is 368 g/mol. The van der Waals surface area contributed by atoms with Crippen LogP contribution in [0, 0.1) is 0 Å². The molecule has 0 unspecified atom stereocenters. The summed E-state index contributed by atoms with van der Waals surface area (Å²) in [5.74, 6) is 2.82. The summed E-state index contributed by atoms with van der Waals surface area (Å²) in [6, 6.07) is 9.80. The highest BCUT2D eigenvalue weighted by Crippen LogP contribution is 2.25. The maximum Gasteiger partial charge on any atom is 0.289 e. The Kier molecular flexibility index (Phi) is 4.75. The van der Waals surface area contributed by atoms with Gasteiger partial charge in [-0.1, -0.05) is 30.3 Å². The van der Waals surface area contributed by atoms with E-state index in [1.807, 2.05) is 49.1 Å². The fraction of sp³-hybridized carbons (Fsp3) is 0.333. The van der Waals surface area contributed by atoms with Crippen LogP contribution in [0.15, 0.2) is 36.5 Å². The van der Waals surface area contributed by atoms with Gasteiger partial charge in [-0.25, -0.2) is 9.97 Å². The summed E-state index contributed by atoms with van der Waals surface area (Å²) in [5, 5.41) is 8.09. The van der Waals surface area contributed by atoms with Crippen molar-refractivity contribution in [1.82, 2.24) is 25.1 Å². The molecular formula is C18H20N6OS.